The number of carbonyl (C=O) groups is 1. The molecule has 0 fully saturated rings. The molecule has 1 aromatic carbocycles. The van der Waals surface area contributed by atoms with Crippen LogP contribution in [0.25, 0.3) is 5.69 Å². The molecule has 0 aliphatic carbocycles. The zero-order chi connectivity index (χ0) is 13.6. The molecule has 0 atom stereocenters. The molecule has 0 radical (unpaired) electrons. The fourth-order valence-corrected chi connectivity index (χ4v) is 2.45. The first kappa shape index (κ1) is 11.9. The van der Waals surface area contributed by atoms with Crippen molar-refractivity contribution in [2.45, 2.75) is 20.1 Å². The van der Waals surface area contributed by atoms with Gasteiger partial charge in [0.15, 0.2) is 0 Å². The van der Waals surface area contributed by atoms with Crippen LogP contribution in [-0.2, 0) is 13.2 Å². The van der Waals surface area contributed by atoms with E-state index in [0.717, 1.165) is 16.9 Å². The molecule has 0 bridgehead atoms. The SMILES string of the molecule is Cc1ccc2c(c1)C(=O)N(C)Cc1c(CO)ncn1-2. The second kappa shape index (κ2) is 4.20. The largest absolute Gasteiger partial charge is 0.390 e. The number of carbonyl (C=O) groups excluding carboxylic acids is 1. The Morgan fingerprint density at radius 1 is 1.42 bits per heavy atom. The van der Waals surface area contributed by atoms with Crippen molar-refractivity contribution in [3.63, 3.8) is 0 Å². The lowest BCUT2D eigenvalue weighted by Crippen LogP contribution is -2.25. The molecule has 5 nitrogen and oxygen atoms in total. The Morgan fingerprint density at radius 2 is 2.21 bits per heavy atom. The highest BCUT2D eigenvalue weighted by Gasteiger charge is 2.25. The fourth-order valence-electron chi connectivity index (χ4n) is 2.45. The molecule has 0 saturated carbocycles. The van der Waals surface area contributed by atoms with E-state index in [1.807, 2.05) is 29.7 Å². The van der Waals surface area contributed by atoms with Crippen LogP contribution in [0.4, 0.5) is 0 Å². The number of hydrogen-bond acceptors (Lipinski definition) is 3. The number of aliphatic hydroxyl groups is 1. The molecule has 19 heavy (non-hydrogen) atoms. The van der Waals surface area contributed by atoms with Crippen molar-refractivity contribution in [2.75, 3.05) is 7.05 Å². The van der Waals surface area contributed by atoms with Gasteiger partial charge in [0.1, 0.15) is 0 Å². The predicted octanol–water partition coefficient (Wildman–Crippen LogP) is 1.26. The van der Waals surface area contributed by atoms with Crippen LogP contribution in [0, 0.1) is 6.92 Å². The molecule has 5 heteroatoms. The molecule has 1 aromatic heterocycles. The summed E-state index contributed by atoms with van der Waals surface area (Å²) in [6.07, 6.45) is 1.67. The Hall–Kier alpha value is -2.14. The minimum Gasteiger partial charge on any atom is -0.390 e. The van der Waals surface area contributed by atoms with E-state index in [9.17, 15) is 9.90 Å². The van der Waals surface area contributed by atoms with E-state index in [4.69, 9.17) is 0 Å². The Labute approximate surface area is 111 Å². The van der Waals surface area contributed by atoms with Gasteiger partial charge >= 0.3 is 0 Å². The number of amides is 1. The van der Waals surface area contributed by atoms with Crippen LogP contribution in [0.3, 0.4) is 0 Å². The minimum atomic E-state index is -0.119. The number of aryl methyl sites for hydroxylation is 1. The smallest absolute Gasteiger partial charge is 0.256 e. The number of fused-ring (bicyclic) bond motifs is 3. The Bertz CT molecular complexity index is 661. The van der Waals surface area contributed by atoms with Gasteiger partial charge in [0.2, 0.25) is 0 Å². The average molecular weight is 257 g/mol. The quantitative estimate of drug-likeness (QED) is 0.836. The maximum atomic E-state index is 12.4. The predicted molar refractivity (Wildman–Crippen MR) is 70.0 cm³/mol. The van der Waals surface area contributed by atoms with Crippen LogP contribution < -0.4 is 0 Å². The summed E-state index contributed by atoms with van der Waals surface area (Å²) >= 11 is 0. The first-order chi connectivity index (χ1) is 9.11. The van der Waals surface area contributed by atoms with Crippen molar-refractivity contribution in [3.05, 3.63) is 47.0 Å². The van der Waals surface area contributed by atoms with Gasteiger partial charge in [0.05, 0.1) is 42.1 Å². The monoisotopic (exact) mass is 257 g/mol. The van der Waals surface area contributed by atoms with Crippen molar-refractivity contribution in [1.29, 1.82) is 0 Å². The van der Waals surface area contributed by atoms with Gasteiger partial charge in [0.25, 0.3) is 5.91 Å². The van der Waals surface area contributed by atoms with E-state index in [1.165, 1.54) is 0 Å². The van der Waals surface area contributed by atoms with Crippen LogP contribution in [0.15, 0.2) is 24.5 Å². The molecule has 1 aliphatic heterocycles. The second-order valence-corrected chi connectivity index (χ2v) is 4.85. The van der Waals surface area contributed by atoms with Gasteiger partial charge in [-0.25, -0.2) is 4.98 Å². The average Bonchev–Trinajstić information content (AvgIpc) is 2.76. The van der Waals surface area contributed by atoms with Gasteiger partial charge in [0, 0.05) is 7.05 Å². The molecule has 1 aliphatic rings. The highest BCUT2D eigenvalue weighted by molar-refractivity contribution is 5.98. The lowest BCUT2D eigenvalue weighted by atomic mass is 10.1. The van der Waals surface area contributed by atoms with Crippen molar-refractivity contribution in [3.8, 4) is 5.69 Å². The summed E-state index contributed by atoms with van der Waals surface area (Å²) in [7, 11) is 1.76. The molecule has 1 amide bonds. The van der Waals surface area contributed by atoms with E-state index in [1.54, 1.807) is 18.3 Å². The number of imidazole rings is 1. The molecule has 0 spiro atoms. The van der Waals surface area contributed by atoms with Crippen molar-refractivity contribution in [1.82, 2.24) is 14.5 Å². The fraction of sp³-hybridized carbons (Fsp3) is 0.286. The Balaban J connectivity index is 2.30. The van der Waals surface area contributed by atoms with E-state index in [-0.39, 0.29) is 12.5 Å². The first-order valence-corrected chi connectivity index (χ1v) is 6.14. The summed E-state index contributed by atoms with van der Waals surface area (Å²) in [5.41, 5.74) is 4.02. The maximum Gasteiger partial charge on any atom is 0.256 e. The third-order valence-corrected chi connectivity index (χ3v) is 3.48. The van der Waals surface area contributed by atoms with Gasteiger partial charge in [-0.3, -0.25) is 4.79 Å². The third kappa shape index (κ3) is 1.74. The molecule has 2 aromatic rings. The summed E-state index contributed by atoms with van der Waals surface area (Å²) < 4.78 is 1.89. The summed E-state index contributed by atoms with van der Waals surface area (Å²) in [5, 5.41) is 9.34. The lowest BCUT2D eigenvalue weighted by Gasteiger charge is -2.14. The number of aliphatic hydroxyl groups excluding tert-OH is 1. The summed E-state index contributed by atoms with van der Waals surface area (Å²) in [5.74, 6) is -0.00807. The first-order valence-electron chi connectivity index (χ1n) is 6.14. The third-order valence-electron chi connectivity index (χ3n) is 3.48. The number of benzene rings is 1. The molecule has 2 heterocycles. The van der Waals surface area contributed by atoms with Gasteiger partial charge in [-0.2, -0.15) is 0 Å². The number of nitrogens with zero attached hydrogens (tertiary/aromatic N) is 3. The number of aromatic nitrogens is 2. The normalized spacial score (nSPS) is 14.1. The van der Waals surface area contributed by atoms with E-state index in [0.29, 0.717) is 17.8 Å². The molecular weight excluding hydrogens is 242 g/mol. The highest BCUT2D eigenvalue weighted by atomic mass is 16.3. The van der Waals surface area contributed by atoms with E-state index in [2.05, 4.69) is 4.98 Å². The van der Waals surface area contributed by atoms with Crippen molar-refractivity contribution in [2.24, 2.45) is 0 Å². The van der Waals surface area contributed by atoms with Crippen LogP contribution in [0.1, 0.15) is 27.3 Å². The molecule has 98 valence electrons. The van der Waals surface area contributed by atoms with Gasteiger partial charge < -0.3 is 14.6 Å². The minimum absolute atomic E-state index is 0.00807. The topological polar surface area (TPSA) is 58.4 Å². The van der Waals surface area contributed by atoms with Crippen LogP contribution in [-0.4, -0.2) is 32.5 Å². The summed E-state index contributed by atoms with van der Waals surface area (Å²) in [6, 6.07) is 5.79. The molecule has 1 N–H and O–H groups in total. The Kier molecular flexibility index (Phi) is 2.64. The molecule has 3 rings (SSSR count). The number of rotatable bonds is 1. The zero-order valence-electron chi connectivity index (χ0n) is 10.9. The maximum absolute atomic E-state index is 12.4. The molecular formula is C14H15N3O2. The Morgan fingerprint density at radius 3 is 2.95 bits per heavy atom. The van der Waals surface area contributed by atoms with Crippen molar-refractivity contribution >= 4 is 5.91 Å². The summed E-state index contributed by atoms with van der Waals surface area (Å²) in [6.45, 7) is 2.29. The van der Waals surface area contributed by atoms with Crippen molar-refractivity contribution < 1.29 is 9.90 Å². The van der Waals surface area contributed by atoms with E-state index < -0.39 is 0 Å². The standard InChI is InChI=1S/C14H15N3O2/c1-9-3-4-12-10(5-9)14(19)16(2)6-13-11(7-18)15-8-17(12)13/h3-5,8,18H,6-7H2,1-2H3. The number of hydrogen-bond donors (Lipinski definition) is 1. The van der Waals surface area contributed by atoms with Gasteiger partial charge in [-0.1, -0.05) is 11.6 Å². The van der Waals surface area contributed by atoms with Crippen LogP contribution >= 0.6 is 0 Å². The summed E-state index contributed by atoms with van der Waals surface area (Å²) in [4.78, 5) is 18.2. The van der Waals surface area contributed by atoms with Crippen LogP contribution in [0.5, 0.6) is 0 Å². The highest BCUT2D eigenvalue weighted by Crippen LogP contribution is 2.26. The van der Waals surface area contributed by atoms with Gasteiger partial charge in [-0.05, 0) is 19.1 Å². The van der Waals surface area contributed by atoms with E-state index >= 15 is 0 Å². The molecule has 0 saturated heterocycles. The molecule has 0 unspecified atom stereocenters. The van der Waals surface area contributed by atoms with Crippen LogP contribution in [0.2, 0.25) is 0 Å². The zero-order valence-corrected chi connectivity index (χ0v) is 10.9. The van der Waals surface area contributed by atoms with Gasteiger partial charge in [-0.15, -0.1) is 0 Å². The second-order valence-electron chi connectivity index (χ2n) is 4.85. The lowest BCUT2D eigenvalue weighted by molar-refractivity contribution is 0.0787.